The second kappa shape index (κ2) is 8.09. The third kappa shape index (κ3) is 4.20. The Morgan fingerprint density at radius 2 is 1.89 bits per heavy atom. The minimum atomic E-state index is -0.470. The summed E-state index contributed by atoms with van der Waals surface area (Å²) in [4.78, 5) is 34.1. The maximum atomic E-state index is 12.8. The second-order valence-electron chi connectivity index (χ2n) is 6.10. The summed E-state index contributed by atoms with van der Waals surface area (Å²) in [5.74, 6) is -0.898. The zero-order chi connectivity index (χ0) is 19.4. The molecule has 6 nitrogen and oxygen atoms in total. The molecule has 2 heterocycles. The number of carbonyl (C=O) groups excluding carboxylic acids is 2. The van der Waals surface area contributed by atoms with Crippen molar-refractivity contribution in [2.75, 3.05) is 5.32 Å². The molecule has 3 aromatic rings. The first-order valence-electron chi connectivity index (χ1n) is 8.44. The highest BCUT2D eigenvalue weighted by atomic mass is 32.1. The number of thiophene rings is 1. The van der Waals surface area contributed by atoms with Gasteiger partial charge in [0.1, 0.15) is 16.3 Å². The SMILES string of the molecule is Cc1sc(NC(=O)c2cnccn2)c(C(=O)OC(C)C)c1-c1ccccc1. The van der Waals surface area contributed by atoms with Crippen LogP contribution in [-0.2, 0) is 4.74 Å². The van der Waals surface area contributed by atoms with E-state index in [1.54, 1.807) is 13.8 Å². The van der Waals surface area contributed by atoms with Gasteiger partial charge in [0.2, 0.25) is 0 Å². The van der Waals surface area contributed by atoms with E-state index in [0.29, 0.717) is 10.6 Å². The molecule has 0 bridgehead atoms. The Hall–Kier alpha value is -3.06. The van der Waals surface area contributed by atoms with E-state index in [-0.39, 0.29) is 11.8 Å². The molecule has 1 aromatic carbocycles. The standard InChI is InChI=1S/C20H19N3O3S/c1-12(2)26-20(25)17-16(14-7-5-4-6-8-14)13(3)27-19(17)23-18(24)15-11-21-9-10-22-15/h4-12H,1-3H3,(H,23,24). The molecule has 1 N–H and O–H groups in total. The smallest absolute Gasteiger partial charge is 0.342 e. The Bertz CT molecular complexity index is 953. The van der Waals surface area contributed by atoms with Crippen LogP contribution in [0.3, 0.4) is 0 Å². The summed E-state index contributed by atoms with van der Waals surface area (Å²) in [6, 6.07) is 9.57. The number of rotatable bonds is 5. The highest BCUT2D eigenvalue weighted by Gasteiger charge is 2.26. The van der Waals surface area contributed by atoms with Gasteiger partial charge in [-0.25, -0.2) is 9.78 Å². The number of nitrogens with zero attached hydrogens (tertiary/aromatic N) is 2. The number of nitrogens with one attached hydrogen (secondary N) is 1. The Morgan fingerprint density at radius 1 is 1.15 bits per heavy atom. The summed E-state index contributed by atoms with van der Waals surface area (Å²) in [5, 5.41) is 3.23. The average molecular weight is 381 g/mol. The summed E-state index contributed by atoms with van der Waals surface area (Å²) in [6.07, 6.45) is 4.04. The van der Waals surface area contributed by atoms with E-state index in [9.17, 15) is 9.59 Å². The van der Waals surface area contributed by atoms with Gasteiger partial charge in [-0.05, 0) is 26.3 Å². The zero-order valence-corrected chi connectivity index (χ0v) is 16.0. The van der Waals surface area contributed by atoms with Crippen molar-refractivity contribution < 1.29 is 14.3 Å². The van der Waals surface area contributed by atoms with Gasteiger partial charge in [-0.3, -0.25) is 9.78 Å². The molecular weight excluding hydrogens is 362 g/mol. The molecule has 27 heavy (non-hydrogen) atoms. The number of hydrogen-bond donors (Lipinski definition) is 1. The summed E-state index contributed by atoms with van der Waals surface area (Å²) in [6.45, 7) is 5.49. The number of esters is 1. The number of anilines is 1. The quantitative estimate of drug-likeness (QED) is 0.665. The largest absolute Gasteiger partial charge is 0.459 e. The van der Waals surface area contributed by atoms with Gasteiger partial charge < -0.3 is 10.1 Å². The molecule has 0 aliphatic carbocycles. The molecule has 0 saturated carbocycles. The molecule has 0 saturated heterocycles. The Labute approximate surface area is 161 Å². The van der Waals surface area contributed by atoms with Gasteiger partial charge >= 0.3 is 5.97 Å². The van der Waals surface area contributed by atoms with Gasteiger partial charge in [0.15, 0.2) is 0 Å². The average Bonchev–Trinajstić information content (AvgIpc) is 2.98. The highest BCUT2D eigenvalue weighted by Crippen LogP contribution is 2.40. The molecule has 138 valence electrons. The fourth-order valence-corrected chi connectivity index (χ4v) is 3.70. The van der Waals surface area contributed by atoms with Gasteiger partial charge in [-0.15, -0.1) is 11.3 Å². The lowest BCUT2D eigenvalue weighted by Gasteiger charge is -2.12. The van der Waals surface area contributed by atoms with E-state index < -0.39 is 11.9 Å². The fourth-order valence-electron chi connectivity index (χ4n) is 2.64. The molecule has 0 aliphatic heterocycles. The number of carbonyl (C=O) groups is 2. The molecule has 7 heteroatoms. The Balaban J connectivity index is 2.05. The normalized spacial score (nSPS) is 10.7. The Morgan fingerprint density at radius 3 is 2.52 bits per heavy atom. The maximum absolute atomic E-state index is 12.8. The highest BCUT2D eigenvalue weighted by molar-refractivity contribution is 7.17. The minimum absolute atomic E-state index is 0.174. The van der Waals surface area contributed by atoms with E-state index >= 15 is 0 Å². The maximum Gasteiger partial charge on any atom is 0.342 e. The lowest BCUT2D eigenvalue weighted by atomic mass is 10.0. The van der Waals surface area contributed by atoms with Crippen molar-refractivity contribution >= 4 is 28.2 Å². The van der Waals surface area contributed by atoms with Crippen LogP contribution in [0.5, 0.6) is 0 Å². The van der Waals surface area contributed by atoms with Crippen LogP contribution >= 0.6 is 11.3 Å². The number of aromatic nitrogens is 2. The first-order valence-corrected chi connectivity index (χ1v) is 9.26. The summed E-state index contributed by atoms with van der Waals surface area (Å²) in [5.41, 5.74) is 2.19. The molecule has 1 amide bonds. The van der Waals surface area contributed by atoms with Crippen LogP contribution in [0.1, 0.15) is 39.6 Å². The molecule has 0 spiro atoms. The van der Waals surface area contributed by atoms with E-state index in [1.807, 2.05) is 37.3 Å². The monoisotopic (exact) mass is 381 g/mol. The van der Waals surface area contributed by atoms with Crippen molar-refractivity contribution in [1.29, 1.82) is 0 Å². The van der Waals surface area contributed by atoms with Gasteiger partial charge in [0.05, 0.1) is 12.3 Å². The van der Waals surface area contributed by atoms with Gasteiger partial charge in [0.25, 0.3) is 5.91 Å². The molecular formula is C20H19N3O3S. The van der Waals surface area contributed by atoms with E-state index in [4.69, 9.17) is 4.74 Å². The van der Waals surface area contributed by atoms with Crippen LogP contribution in [0.2, 0.25) is 0 Å². The topological polar surface area (TPSA) is 81.2 Å². The van der Waals surface area contributed by atoms with Crippen LogP contribution in [-0.4, -0.2) is 27.9 Å². The third-order valence-corrected chi connectivity index (χ3v) is 4.74. The number of amides is 1. The molecule has 2 aromatic heterocycles. The van der Waals surface area contributed by atoms with Crippen LogP contribution in [0.15, 0.2) is 48.9 Å². The second-order valence-corrected chi connectivity index (χ2v) is 7.33. The van der Waals surface area contributed by atoms with Crippen molar-refractivity contribution in [3.8, 4) is 11.1 Å². The first kappa shape index (κ1) is 18.7. The van der Waals surface area contributed by atoms with Crippen molar-refractivity contribution in [3.63, 3.8) is 0 Å². The Kier molecular flexibility index (Phi) is 5.61. The summed E-state index contributed by atoms with van der Waals surface area (Å²) in [7, 11) is 0. The summed E-state index contributed by atoms with van der Waals surface area (Å²) < 4.78 is 5.43. The summed E-state index contributed by atoms with van der Waals surface area (Å²) >= 11 is 1.33. The lowest BCUT2D eigenvalue weighted by Crippen LogP contribution is -2.17. The molecule has 0 aliphatic rings. The predicted octanol–water partition coefficient (Wildman–Crippen LogP) is 4.33. The van der Waals surface area contributed by atoms with Crippen LogP contribution in [0, 0.1) is 6.92 Å². The number of ether oxygens (including phenoxy) is 1. The predicted molar refractivity (Wildman–Crippen MR) is 105 cm³/mol. The number of hydrogen-bond acceptors (Lipinski definition) is 6. The zero-order valence-electron chi connectivity index (χ0n) is 15.2. The minimum Gasteiger partial charge on any atom is -0.459 e. The van der Waals surface area contributed by atoms with Crippen LogP contribution in [0.4, 0.5) is 5.00 Å². The van der Waals surface area contributed by atoms with Gasteiger partial charge in [-0.1, -0.05) is 30.3 Å². The van der Waals surface area contributed by atoms with E-state index in [2.05, 4.69) is 15.3 Å². The van der Waals surface area contributed by atoms with Crippen molar-refractivity contribution in [2.45, 2.75) is 26.9 Å². The molecule has 0 radical (unpaired) electrons. The third-order valence-electron chi connectivity index (χ3n) is 3.72. The van der Waals surface area contributed by atoms with Crippen molar-refractivity contribution in [2.24, 2.45) is 0 Å². The number of aryl methyl sites for hydroxylation is 1. The van der Waals surface area contributed by atoms with Crippen molar-refractivity contribution in [3.05, 3.63) is 65.1 Å². The molecule has 0 atom stereocenters. The lowest BCUT2D eigenvalue weighted by molar-refractivity contribution is 0.0380. The van der Waals surface area contributed by atoms with Crippen molar-refractivity contribution in [1.82, 2.24) is 9.97 Å². The van der Waals surface area contributed by atoms with Crippen LogP contribution < -0.4 is 5.32 Å². The van der Waals surface area contributed by atoms with Gasteiger partial charge in [0, 0.05) is 22.8 Å². The van der Waals surface area contributed by atoms with Gasteiger partial charge in [-0.2, -0.15) is 0 Å². The first-order chi connectivity index (χ1) is 13.0. The van der Waals surface area contributed by atoms with E-state index in [0.717, 1.165) is 16.0 Å². The molecule has 0 unspecified atom stereocenters. The van der Waals surface area contributed by atoms with E-state index in [1.165, 1.54) is 29.9 Å². The number of benzene rings is 1. The molecule has 3 rings (SSSR count). The molecule has 0 fully saturated rings. The van der Waals surface area contributed by atoms with Crippen LogP contribution in [0.25, 0.3) is 11.1 Å². The fraction of sp³-hybridized carbons (Fsp3) is 0.200.